The first kappa shape index (κ1) is 25.3. The number of rotatable bonds is 6. The number of hydrogen-bond acceptors (Lipinski definition) is 8. The van der Waals surface area contributed by atoms with Crippen LogP contribution in [0.25, 0.3) is 16.0 Å². The molecule has 2 heterocycles. The number of aliphatic hydroxyl groups excluding tert-OH is 1. The number of hydrogen-bond donors (Lipinski definition) is 2. The molecule has 0 aliphatic carbocycles. The number of aliphatic hydroxyl groups is 1. The van der Waals surface area contributed by atoms with Crippen molar-refractivity contribution in [3.8, 4) is 17.2 Å². The van der Waals surface area contributed by atoms with Crippen LogP contribution in [-0.2, 0) is 9.59 Å². The number of carbonyl (C=O) groups excluding carboxylic acids is 2. The zero-order chi connectivity index (χ0) is 27.1. The van der Waals surface area contributed by atoms with Gasteiger partial charge >= 0.3 is 5.91 Å². The lowest BCUT2D eigenvalue weighted by Crippen LogP contribution is -2.29. The van der Waals surface area contributed by atoms with Gasteiger partial charge in [0.2, 0.25) is 0 Å². The van der Waals surface area contributed by atoms with E-state index in [2.05, 4.69) is 0 Å². The average molecular weight is 531 g/mol. The number of nitrogens with zero attached hydrogens (tertiary/aromatic N) is 2. The minimum Gasteiger partial charge on any atom is -0.507 e. The first-order chi connectivity index (χ1) is 18.2. The molecule has 3 aromatic carbocycles. The monoisotopic (exact) mass is 530 g/mol. The first-order valence-electron chi connectivity index (χ1n) is 12.0. The third-order valence-electron chi connectivity index (χ3n) is 6.41. The van der Waals surface area contributed by atoms with E-state index in [-0.39, 0.29) is 22.8 Å². The molecule has 1 unspecified atom stereocenters. The van der Waals surface area contributed by atoms with Crippen LogP contribution >= 0.6 is 11.3 Å². The molecule has 8 nitrogen and oxygen atoms in total. The van der Waals surface area contributed by atoms with Gasteiger partial charge in [0.25, 0.3) is 5.78 Å². The number of phenolic OH excluding ortho intramolecular Hbond substituents is 1. The molecule has 1 aliphatic heterocycles. The number of methoxy groups -OCH3 is 1. The number of fused-ring (bicyclic) bond motifs is 1. The molecule has 5 rings (SSSR count). The van der Waals surface area contributed by atoms with Crippen LogP contribution in [0.4, 0.5) is 5.13 Å². The van der Waals surface area contributed by atoms with E-state index in [1.807, 2.05) is 32.9 Å². The summed E-state index contributed by atoms with van der Waals surface area (Å²) in [7, 11) is 1.41. The molecule has 0 bridgehead atoms. The second-order valence-electron chi connectivity index (χ2n) is 8.99. The van der Waals surface area contributed by atoms with E-state index >= 15 is 0 Å². The molecule has 194 valence electrons. The van der Waals surface area contributed by atoms with Crippen molar-refractivity contribution in [2.75, 3.05) is 18.6 Å². The van der Waals surface area contributed by atoms with E-state index in [0.29, 0.717) is 28.6 Å². The molecule has 2 N–H and O–H groups in total. The predicted octanol–water partition coefficient (Wildman–Crippen LogP) is 5.65. The fourth-order valence-electron chi connectivity index (χ4n) is 4.73. The van der Waals surface area contributed by atoms with Crippen molar-refractivity contribution in [3.63, 3.8) is 0 Å². The minimum absolute atomic E-state index is 0.0938. The van der Waals surface area contributed by atoms with Gasteiger partial charge in [-0.1, -0.05) is 35.6 Å². The summed E-state index contributed by atoms with van der Waals surface area (Å²) in [5.74, 6) is -1.39. The molecule has 1 aliphatic rings. The van der Waals surface area contributed by atoms with Gasteiger partial charge in [-0.3, -0.25) is 14.5 Å². The van der Waals surface area contributed by atoms with Crippen molar-refractivity contribution >= 4 is 44.1 Å². The summed E-state index contributed by atoms with van der Waals surface area (Å²) in [6.45, 7) is 6.20. The number of aromatic hydroxyl groups is 1. The van der Waals surface area contributed by atoms with Crippen LogP contribution in [0.3, 0.4) is 0 Å². The van der Waals surface area contributed by atoms with Crippen LogP contribution in [0, 0.1) is 13.8 Å². The normalized spacial score (nSPS) is 16.8. The topological polar surface area (TPSA) is 109 Å². The Hall–Kier alpha value is -4.37. The standard InChI is InChI=1S/C29H26N2O6S/c1-5-37-19-8-6-7-18(13-19)26(33)23-25(17-9-10-20(32)21(14-17)36-4)31(28(35)27(23)34)29-30-24-16(3)11-15(2)12-22(24)38-29/h6-14,25,32-33H,5H2,1-4H3/b26-23+. The molecule has 1 aromatic heterocycles. The van der Waals surface area contributed by atoms with Crippen molar-refractivity contribution < 1.29 is 29.3 Å². The number of phenols is 1. The molecule has 38 heavy (non-hydrogen) atoms. The number of aromatic nitrogens is 1. The Morgan fingerprint density at radius 3 is 2.63 bits per heavy atom. The molecule has 1 saturated heterocycles. The van der Waals surface area contributed by atoms with Crippen LogP contribution in [0.2, 0.25) is 0 Å². The van der Waals surface area contributed by atoms with Gasteiger partial charge in [-0.2, -0.15) is 0 Å². The minimum atomic E-state index is -1.01. The quantitative estimate of drug-likeness (QED) is 0.188. The Labute approximate surface area is 223 Å². The largest absolute Gasteiger partial charge is 0.507 e. The van der Waals surface area contributed by atoms with Crippen LogP contribution in [0.15, 0.2) is 60.2 Å². The number of amides is 1. The second kappa shape index (κ2) is 9.83. The molecule has 0 spiro atoms. The Kier molecular flexibility index (Phi) is 6.54. The second-order valence-corrected chi connectivity index (χ2v) is 10.00. The van der Waals surface area contributed by atoms with Gasteiger partial charge in [0.05, 0.1) is 35.5 Å². The SMILES string of the molecule is CCOc1cccc(/C(O)=C2\C(=O)C(=O)N(c3nc4c(C)cc(C)cc4s3)C2c2ccc(O)c(OC)c2)c1. The van der Waals surface area contributed by atoms with Crippen molar-refractivity contribution in [2.45, 2.75) is 26.8 Å². The fourth-order valence-corrected chi connectivity index (χ4v) is 5.90. The summed E-state index contributed by atoms with van der Waals surface area (Å²) >= 11 is 1.30. The molecule has 1 atom stereocenters. The average Bonchev–Trinajstić information content (AvgIpc) is 3.43. The number of ketones is 1. The summed E-state index contributed by atoms with van der Waals surface area (Å²) in [5.41, 5.74) is 3.46. The van der Waals surface area contributed by atoms with Gasteiger partial charge < -0.3 is 19.7 Å². The fraction of sp³-hybridized carbons (Fsp3) is 0.207. The van der Waals surface area contributed by atoms with Gasteiger partial charge in [0, 0.05) is 5.56 Å². The summed E-state index contributed by atoms with van der Waals surface area (Å²) in [4.78, 5) is 33.1. The van der Waals surface area contributed by atoms with Crippen LogP contribution < -0.4 is 14.4 Å². The Bertz CT molecular complexity index is 1620. The zero-order valence-corrected chi connectivity index (χ0v) is 22.1. The molecule has 1 amide bonds. The summed E-state index contributed by atoms with van der Waals surface area (Å²) < 4.78 is 11.7. The van der Waals surface area contributed by atoms with Crippen LogP contribution in [0.1, 0.15) is 35.2 Å². The van der Waals surface area contributed by atoms with E-state index in [1.54, 1.807) is 36.4 Å². The van der Waals surface area contributed by atoms with Crippen LogP contribution in [0.5, 0.6) is 17.2 Å². The Balaban J connectivity index is 1.75. The molecule has 0 saturated carbocycles. The highest BCUT2D eigenvalue weighted by Crippen LogP contribution is 2.46. The number of benzene rings is 3. The number of anilines is 1. The lowest BCUT2D eigenvalue weighted by Gasteiger charge is -2.23. The lowest BCUT2D eigenvalue weighted by atomic mass is 9.95. The van der Waals surface area contributed by atoms with Gasteiger partial charge in [0.15, 0.2) is 16.6 Å². The Morgan fingerprint density at radius 1 is 1.11 bits per heavy atom. The summed E-state index contributed by atoms with van der Waals surface area (Å²) in [6, 6.07) is 14.2. The molecular weight excluding hydrogens is 504 g/mol. The lowest BCUT2D eigenvalue weighted by molar-refractivity contribution is -0.132. The Morgan fingerprint density at radius 2 is 1.89 bits per heavy atom. The number of aryl methyl sites for hydroxylation is 2. The highest BCUT2D eigenvalue weighted by Gasteiger charge is 2.48. The van der Waals surface area contributed by atoms with E-state index in [9.17, 15) is 19.8 Å². The predicted molar refractivity (Wildman–Crippen MR) is 146 cm³/mol. The number of carbonyl (C=O) groups is 2. The van der Waals surface area contributed by atoms with E-state index in [1.165, 1.54) is 29.4 Å². The van der Waals surface area contributed by atoms with Crippen molar-refractivity contribution in [3.05, 3.63) is 82.4 Å². The number of ether oxygens (including phenoxy) is 2. The molecule has 0 radical (unpaired) electrons. The van der Waals surface area contributed by atoms with Gasteiger partial charge in [-0.05, 0) is 67.8 Å². The third kappa shape index (κ3) is 4.24. The maximum absolute atomic E-state index is 13.5. The van der Waals surface area contributed by atoms with E-state index < -0.39 is 17.7 Å². The highest BCUT2D eigenvalue weighted by molar-refractivity contribution is 7.22. The summed E-state index contributed by atoms with van der Waals surface area (Å²) in [6.07, 6.45) is 0. The van der Waals surface area contributed by atoms with E-state index in [0.717, 1.165) is 21.3 Å². The summed E-state index contributed by atoms with van der Waals surface area (Å²) in [5, 5.41) is 21.9. The van der Waals surface area contributed by atoms with Crippen molar-refractivity contribution in [1.82, 2.24) is 4.98 Å². The number of thiazole rings is 1. The highest BCUT2D eigenvalue weighted by atomic mass is 32.1. The maximum atomic E-state index is 13.5. The van der Waals surface area contributed by atoms with E-state index in [4.69, 9.17) is 14.5 Å². The zero-order valence-electron chi connectivity index (χ0n) is 21.3. The van der Waals surface area contributed by atoms with Gasteiger partial charge in [-0.25, -0.2) is 4.98 Å². The van der Waals surface area contributed by atoms with Crippen molar-refractivity contribution in [2.24, 2.45) is 0 Å². The molecule has 9 heteroatoms. The third-order valence-corrected chi connectivity index (χ3v) is 7.41. The maximum Gasteiger partial charge on any atom is 0.301 e. The van der Waals surface area contributed by atoms with Crippen LogP contribution in [-0.4, -0.2) is 40.6 Å². The smallest absolute Gasteiger partial charge is 0.301 e. The van der Waals surface area contributed by atoms with Gasteiger partial charge in [-0.15, -0.1) is 0 Å². The molecule has 4 aromatic rings. The van der Waals surface area contributed by atoms with Gasteiger partial charge in [0.1, 0.15) is 11.5 Å². The first-order valence-corrected chi connectivity index (χ1v) is 12.8. The molecule has 1 fully saturated rings. The molecular formula is C29H26N2O6S. The van der Waals surface area contributed by atoms with Crippen molar-refractivity contribution in [1.29, 1.82) is 0 Å². The number of Topliss-reactive ketones (excluding diaryl/α,β-unsaturated/α-hetero) is 1.